The van der Waals surface area contributed by atoms with Crippen LogP contribution in [0, 0.1) is 13.8 Å². The number of nitrogens with zero attached hydrogens (tertiary/aromatic N) is 3. The average Bonchev–Trinajstić information content (AvgIpc) is 3.27. The smallest absolute Gasteiger partial charge is 0.326 e. The number of fused-ring (bicyclic) bond motifs is 1. The zero-order valence-corrected chi connectivity index (χ0v) is 19.4. The van der Waals surface area contributed by atoms with Crippen LogP contribution in [0.1, 0.15) is 41.3 Å². The molecule has 9 heteroatoms. The Labute approximate surface area is 194 Å². The van der Waals surface area contributed by atoms with E-state index in [1.807, 2.05) is 26.0 Å². The Kier molecular flexibility index (Phi) is 6.24. The van der Waals surface area contributed by atoms with Gasteiger partial charge in [-0.2, -0.15) is 4.99 Å². The third-order valence-corrected chi connectivity index (χ3v) is 6.53. The van der Waals surface area contributed by atoms with Gasteiger partial charge in [-0.1, -0.05) is 17.4 Å². The molecule has 170 valence electrons. The van der Waals surface area contributed by atoms with E-state index in [2.05, 4.69) is 4.99 Å². The van der Waals surface area contributed by atoms with Gasteiger partial charge in [-0.05, 0) is 62.2 Å². The van der Waals surface area contributed by atoms with Crippen molar-refractivity contribution in [1.29, 1.82) is 0 Å². The van der Waals surface area contributed by atoms with Crippen molar-refractivity contribution in [2.45, 2.75) is 40.2 Å². The third-order valence-electron chi connectivity index (χ3n) is 5.49. The molecule has 0 unspecified atom stereocenters. The van der Waals surface area contributed by atoms with Crippen molar-refractivity contribution in [1.82, 2.24) is 4.57 Å². The number of imide groups is 1. The van der Waals surface area contributed by atoms with Crippen LogP contribution in [0.2, 0.25) is 0 Å². The third kappa shape index (κ3) is 4.49. The number of aryl methyl sites for hydroxylation is 2. The highest BCUT2D eigenvalue weighted by Gasteiger charge is 2.30. The monoisotopic (exact) mass is 465 g/mol. The quantitative estimate of drug-likeness (QED) is 0.425. The minimum absolute atomic E-state index is 0.0702. The van der Waals surface area contributed by atoms with Gasteiger partial charge in [0, 0.05) is 18.4 Å². The molecule has 0 bridgehead atoms. The number of rotatable bonds is 5. The number of carbonyl (C=O) groups excluding carboxylic acids is 4. The van der Waals surface area contributed by atoms with Crippen molar-refractivity contribution < 1.29 is 23.9 Å². The molecular weight excluding hydrogens is 442 g/mol. The largest absolute Gasteiger partial charge is 0.465 e. The van der Waals surface area contributed by atoms with Gasteiger partial charge in [0.15, 0.2) is 4.80 Å². The number of anilines is 1. The van der Waals surface area contributed by atoms with Gasteiger partial charge < -0.3 is 9.30 Å². The van der Waals surface area contributed by atoms with Gasteiger partial charge in [0.1, 0.15) is 6.54 Å². The Morgan fingerprint density at radius 1 is 1.06 bits per heavy atom. The second-order valence-electron chi connectivity index (χ2n) is 7.77. The Balaban J connectivity index is 1.77. The number of thiazole rings is 1. The number of esters is 1. The van der Waals surface area contributed by atoms with Crippen LogP contribution in [0.25, 0.3) is 10.2 Å². The first-order chi connectivity index (χ1) is 15.8. The number of benzene rings is 2. The van der Waals surface area contributed by atoms with E-state index < -0.39 is 11.9 Å². The molecule has 0 saturated carbocycles. The van der Waals surface area contributed by atoms with Crippen LogP contribution >= 0.6 is 11.3 Å². The van der Waals surface area contributed by atoms with Gasteiger partial charge in [-0.15, -0.1) is 0 Å². The Morgan fingerprint density at radius 3 is 2.45 bits per heavy atom. The molecule has 8 nitrogen and oxygen atoms in total. The summed E-state index contributed by atoms with van der Waals surface area (Å²) in [6.45, 7) is 5.90. The molecule has 33 heavy (non-hydrogen) atoms. The molecule has 0 N–H and O–H groups in total. The minimum atomic E-state index is -0.534. The first kappa shape index (κ1) is 22.6. The lowest BCUT2D eigenvalue weighted by atomic mass is 10.1. The van der Waals surface area contributed by atoms with E-state index in [0.717, 1.165) is 26.2 Å². The Morgan fingerprint density at radius 2 is 1.76 bits per heavy atom. The van der Waals surface area contributed by atoms with Crippen molar-refractivity contribution in [3.05, 3.63) is 57.9 Å². The van der Waals surface area contributed by atoms with E-state index >= 15 is 0 Å². The molecule has 0 radical (unpaired) electrons. The van der Waals surface area contributed by atoms with Gasteiger partial charge in [0.25, 0.3) is 5.91 Å². The Bertz CT molecular complexity index is 1350. The number of ether oxygens (including phenoxy) is 1. The molecule has 0 aliphatic carbocycles. The molecular formula is C24H23N3O5S. The normalized spacial score (nSPS) is 14.4. The van der Waals surface area contributed by atoms with E-state index in [4.69, 9.17) is 4.74 Å². The van der Waals surface area contributed by atoms with Gasteiger partial charge in [0.05, 0.1) is 22.5 Å². The van der Waals surface area contributed by atoms with E-state index in [1.165, 1.54) is 17.4 Å². The molecule has 4 rings (SSSR count). The van der Waals surface area contributed by atoms with E-state index in [-0.39, 0.29) is 43.4 Å². The summed E-state index contributed by atoms with van der Waals surface area (Å²) < 4.78 is 7.68. The summed E-state index contributed by atoms with van der Waals surface area (Å²) in [6.07, 6.45) is 0.325. The molecule has 2 heterocycles. The van der Waals surface area contributed by atoms with Crippen LogP contribution < -0.4 is 9.70 Å². The minimum Gasteiger partial charge on any atom is -0.465 e. The summed E-state index contributed by atoms with van der Waals surface area (Å²) in [7, 11) is 0. The lowest BCUT2D eigenvalue weighted by Crippen LogP contribution is -2.28. The first-order valence-electron chi connectivity index (χ1n) is 10.6. The predicted octanol–water partition coefficient (Wildman–Crippen LogP) is 3.28. The number of carbonyl (C=O) groups is 4. The fourth-order valence-corrected chi connectivity index (χ4v) is 4.80. The summed E-state index contributed by atoms with van der Waals surface area (Å²) in [5.41, 5.74) is 3.55. The second kappa shape index (κ2) is 9.11. The average molecular weight is 466 g/mol. The summed E-state index contributed by atoms with van der Waals surface area (Å²) >= 11 is 1.31. The maximum atomic E-state index is 13.0. The fraction of sp³-hybridized carbons (Fsp3) is 0.292. The first-order valence-corrected chi connectivity index (χ1v) is 11.4. The fourth-order valence-electron chi connectivity index (χ4n) is 3.69. The number of hydrogen-bond acceptors (Lipinski definition) is 6. The lowest BCUT2D eigenvalue weighted by Gasteiger charge is -2.14. The molecule has 1 saturated heterocycles. The van der Waals surface area contributed by atoms with Crippen LogP contribution in [-0.2, 0) is 25.7 Å². The Hall–Kier alpha value is -3.59. The molecule has 1 aliphatic heterocycles. The second-order valence-corrected chi connectivity index (χ2v) is 8.78. The van der Waals surface area contributed by atoms with Crippen LogP contribution in [0.15, 0.2) is 41.4 Å². The molecule has 0 spiro atoms. The van der Waals surface area contributed by atoms with Crippen molar-refractivity contribution >= 4 is 50.9 Å². The standard InChI is InChI=1S/C24H23N3O5S/c1-4-32-22(30)13-26-18-10-14(2)15(3)11-19(18)33-24(26)25-23(31)16-6-5-7-17(12-16)27-20(28)8-9-21(27)29/h5-7,10-12H,4,8-9,13H2,1-3H3. The zero-order chi connectivity index (χ0) is 23.7. The van der Waals surface area contributed by atoms with Gasteiger partial charge >= 0.3 is 5.97 Å². The summed E-state index contributed by atoms with van der Waals surface area (Å²) in [6, 6.07) is 10.3. The topological polar surface area (TPSA) is 98.0 Å². The van der Waals surface area contributed by atoms with Crippen LogP contribution in [0.4, 0.5) is 5.69 Å². The van der Waals surface area contributed by atoms with Crippen molar-refractivity contribution in [2.24, 2.45) is 4.99 Å². The van der Waals surface area contributed by atoms with Gasteiger partial charge in [0.2, 0.25) is 11.8 Å². The van der Waals surface area contributed by atoms with E-state index in [1.54, 1.807) is 29.7 Å². The molecule has 2 aromatic carbocycles. The highest BCUT2D eigenvalue weighted by Crippen LogP contribution is 2.24. The molecule has 3 aromatic rings. The summed E-state index contributed by atoms with van der Waals surface area (Å²) in [4.78, 5) is 55.2. The SMILES string of the molecule is CCOC(=O)Cn1c(=NC(=O)c2cccc(N3C(=O)CCC3=O)c2)sc2cc(C)c(C)cc21. The van der Waals surface area contributed by atoms with E-state index in [0.29, 0.717) is 10.5 Å². The molecule has 1 aliphatic rings. The van der Waals surface area contributed by atoms with Crippen LogP contribution in [0.5, 0.6) is 0 Å². The molecule has 3 amide bonds. The predicted molar refractivity (Wildman–Crippen MR) is 124 cm³/mol. The van der Waals surface area contributed by atoms with Crippen molar-refractivity contribution in [3.63, 3.8) is 0 Å². The lowest BCUT2D eigenvalue weighted by molar-refractivity contribution is -0.143. The highest BCUT2D eigenvalue weighted by atomic mass is 32.1. The maximum Gasteiger partial charge on any atom is 0.326 e. The van der Waals surface area contributed by atoms with Crippen molar-refractivity contribution in [3.8, 4) is 0 Å². The number of hydrogen-bond donors (Lipinski definition) is 0. The van der Waals surface area contributed by atoms with Crippen LogP contribution in [0.3, 0.4) is 0 Å². The summed E-state index contributed by atoms with van der Waals surface area (Å²) in [5.74, 6) is -1.53. The van der Waals surface area contributed by atoms with Gasteiger partial charge in [-0.3, -0.25) is 24.1 Å². The summed E-state index contributed by atoms with van der Waals surface area (Å²) in [5, 5.41) is 0. The van der Waals surface area contributed by atoms with Crippen LogP contribution in [-0.4, -0.2) is 34.9 Å². The maximum absolute atomic E-state index is 13.0. The zero-order valence-electron chi connectivity index (χ0n) is 18.6. The molecule has 1 aromatic heterocycles. The van der Waals surface area contributed by atoms with Crippen molar-refractivity contribution in [2.75, 3.05) is 11.5 Å². The van der Waals surface area contributed by atoms with Gasteiger partial charge in [-0.25, -0.2) is 0 Å². The highest BCUT2D eigenvalue weighted by molar-refractivity contribution is 7.16. The van der Waals surface area contributed by atoms with E-state index in [9.17, 15) is 19.2 Å². The number of aromatic nitrogens is 1. The molecule has 0 atom stereocenters. The number of amides is 3. The molecule has 1 fully saturated rings.